The Bertz CT molecular complexity index is 534. The fourth-order valence-corrected chi connectivity index (χ4v) is 2.17. The quantitative estimate of drug-likeness (QED) is 0.900. The van der Waals surface area contributed by atoms with Gasteiger partial charge < -0.3 is 5.32 Å². The third-order valence-electron chi connectivity index (χ3n) is 3.14. The van der Waals surface area contributed by atoms with Crippen LogP contribution in [0, 0.1) is 12.7 Å². The molecule has 1 atom stereocenters. The van der Waals surface area contributed by atoms with E-state index >= 15 is 0 Å². The van der Waals surface area contributed by atoms with Gasteiger partial charge in [0.25, 0.3) is 0 Å². The molecule has 1 unspecified atom stereocenters. The van der Waals surface area contributed by atoms with E-state index < -0.39 is 0 Å². The van der Waals surface area contributed by atoms with Gasteiger partial charge in [0.1, 0.15) is 5.82 Å². The Balaban J connectivity index is 2.38. The summed E-state index contributed by atoms with van der Waals surface area (Å²) in [4.78, 5) is 0. The molecule has 0 bridgehead atoms. The Kier molecular flexibility index (Phi) is 3.77. The van der Waals surface area contributed by atoms with Crippen LogP contribution in [0.15, 0.2) is 30.6 Å². The molecule has 1 heterocycles. The molecular formula is C14H18FN3. The van der Waals surface area contributed by atoms with E-state index in [4.69, 9.17) is 0 Å². The van der Waals surface area contributed by atoms with Crippen molar-refractivity contribution in [3.63, 3.8) is 0 Å². The molecule has 3 nitrogen and oxygen atoms in total. The van der Waals surface area contributed by atoms with E-state index in [1.54, 1.807) is 6.07 Å². The van der Waals surface area contributed by atoms with Crippen molar-refractivity contribution in [2.75, 3.05) is 7.05 Å². The molecule has 0 amide bonds. The molecule has 4 heteroatoms. The third kappa shape index (κ3) is 2.43. The zero-order chi connectivity index (χ0) is 13.1. The maximum absolute atomic E-state index is 13.1. The molecule has 0 aliphatic rings. The largest absolute Gasteiger partial charge is 0.309 e. The Morgan fingerprint density at radius 3 is 2.78 bits per heavy atom. The van der Waals surface area contributed by atoms with Crippen molar-refractivity contribution < 1.29 is 4.39 Å². The molecule has 0 spiro atoms. The number of aromatic nitrogens is 2. The van der Waals surface area contributed by atoms with Crippen LogP contribution in [0.25, 0.3) is 0 Å². The van der Waals surface area contributed by atoms with Gasteiger partial charge in [0.2, 0.25) is 0 Å². The van der Waals surface area contributed by atoms with Crippen LogP contribution >= 0.6 is 0 Å². The first kappa shape index (κ1) is 12.8. The monoisotopic (exact) mass is 247 g/mol. The van der Waals surface area contributed by atoms with Crippen molar-refractivity contribution in [1.82, 2.24) is 15.1 Å². The lowest BCUT2D eigenvalue weighted by Crippen LogP contribution is -2.18. The molecule has 0 fully saturated rings. The van der Waals surface area contributed by atoms with Crippen LogP contribution in [0.1, 0.15) is 29.7 Å². The first-order chi connectivity index (χ1) is 8.65. The summed E-state index contributed by atoms with van der Waals surface area (Å²) in [6, 6.07) is 4.93. The van der Waals surface area contributed by atoms with Gasteiger partial charge in [-0.05, 0) is 44.2 Å². The van der Waals surface area contributed by atoms with Crippen molar-refractivity contribution in [1.29, 1.82) is 0 Å². The lowest BCUT2D eigenvalue weighted by Gasteiger charge is -2.17. The smallest absolute Gasteiger partial charge is 0.123 e. The molecule has 2 aromatic rings. The fraction of sp³-hybridized carbons (Fsp3) is 0.357. The minimum atomic E-state index is -0.199. The van der Waals surface area contributed by atoms with Gasteiger partial charge in [0.05, 0.1) is 12.2 Å². The Morgan fingerprint density at radius 2 is 2.22 bits per heavy atom. The molecule has 0 saturated carbocycles. The van der Waals surface area contributed by atoms with Gasteiger partial charge in [0, 0.05) is 18.3 Å². The summed E-state index contributed by atoms with van der Waals surface area (Å²) in [6.45, 7) is 4.82. The van der Waals surface area contributed by atoms with Crippen LogP contribution in [-0.4, -0.2) is 16.8 Å². The van der Waals surface area contributed by atoms with E-state index in [2.05, 4.69) is 10.4 Å². The van der Waals surface area contributed by atoms with Crippen molar-refractivity contribution >= 4 is 0 Å². The van der Waals surface area contributed by atoms with Gasteiger partial charge in [0.15, 0.2) is 0 Å². The highest BCUT2D eigenvalue weighted by atomic mass is 19.1. The van der Waals surface area contributed by atoms with Crippen LogP contribution < -0.4 is 5.32 Å². The molecular weight excluding hydrogens is 229 g/mol. The lowest BCUT2D eigenvalue weighted by molar-refractivity contribution is 0.620. The number of benzene rings is 1. The Morgan fingerprint density at radius 1 is 1.44 bits per heavy atom. The van der Waals surface area contributed by atoms with Crippen molar-refractivity contribution in [3.8, 4) is 0 Å². The lowest BCUT2D eigenvalue weighted by atomic mass is 9.97. The summed E-state index contributed by atoms with van der Waals surface area (Å²) >= 11 is 0. The molecule has 0 radical (unpaired) electrons. The number of rotatable bonds is 4. The normalized spacial score (nSPS) is 12.7. The van der Waals surface area contributed by atoms with E-state index in [9.17, 15) is 4.39 Å². The molecule has 0 aliphatic heterocycles. The number of hydrogen-bond donors (Lipinski definition) is 1. The first-order valence-electron chi connectivity index (χ1n) is 6.11. The second-order valence-corrected chi connectivity index (χ2v) is 4.35. The highest BCUT2D eigenvalue weighted by molar-refractivity contribution is 5.35. The molecule has 96 valence electrons. The average Bonchev–Trinajstić information content (AvgIpc) is 2.81. The standard InChI is InChI=1S/C14H18FN3/c1-4-18-9-11(8-17-18)14(16-3)13-6-5-12(15)7-10(13)2/h5-9,14,16H,4H2,1-3H3. The SMILES string of the molecule is CCn1cc(C(NC)c2ccc(F)cc2C)cn1. The summed E-state index contributed by atoms with van der Waals surface area (Å²) < 4.78 is 15.0. The number of hydrogen-bond acceptors (Lipinski definition) is 2. The first-order valence-corrected chi connectivity index (χ1v) is 6.11. The van der Waals surface area contributed by atoms with E-state index in [-0.39, 0.29) is 11.9 Å². The van der Waals surface area contributed by atoms with Crippen molar-refractivity contribution in [2.24, 2.45) is 0 Å². The van der Waals surface area contributed by atoms with E-state index in [1.807, 2.05) is 44.0 Å². The molecule has 18 heavy (non-hydrogen) atoms. The number of aryl methyl sites for hydroxylation is 2. The minimum Gasteiger partial charge on any atom is -0.309 e. The second kappa shape index (κ2) is 5.31. The Hall–Kier alpha value is -1.68. The third-order valence-corrected chi connectivity index (χ3v) is 3.14. The van der Waals surface area contributed by atoms with Crippen LogP contribution in [0.5, 0.6) is 0 Å². The maximum atomic E-state index is 13.1. The van der Waals surface area contributed by atoms with Gasteiger partial charge >= 0.3 is 0 Å². The van der Waals surface area contributed by atoms with Crippen LogP contribution in [0.3, 0.4) is 0 Å². The van der Waals surface area contributed by atoms with Gasteiger partial charge in [-0.2, -0.15) is 5.10 Å². The molecule has 0 aliphatic carbocycles. The van der Waals surface area contributed by atoms with Gasteiger partial charge in [-0.15, -0.1) is 0 Å². The summed E-state index contributed by atoms with van der Waals surface area (Å²) in [5.74, 6) is -0.199. The van der Waals surface area contributed by atoms with Crippen molar-refractivity contribution in [2.45, 2.75) is 26.4 Å². The molecule has 1 N–H and O–H groups in total. The summed E-state index contributed by atoms with van der Waals surface area (Å²) in [7, 11) is 1.90. The minimum absolute atomic E-state index is 0.0471. The van der Waals surface area contributed by atoms with E-state index in [1.165, 1.54) is 6.07 Å². The molecule has 1 aromatic heterocycles. The number of nitrogens with zero attached hydrogens (tertiary/aromatic N) is 2. The highest BCUT2D eigenvalue weighted by Crippen LogP contribution is 2.24. The highest BCUT2D eigenvalue weighted by Gasteiger charge is 2.16. The van der Waals surface area contributed by atoms with E-state index in [0.29, 0.717) is 0 Å². The summed E-state index contributed by atoms with van der Waals surface area (Å²) in [5, 5.41) is 7.54. The number of halogens is 1. The van der Waals surface area contributed by atoms with Gasteiger partial charge in [-0.3, -0.25) is 4.68 Å². The van der Waals surface area contributed by atoms with Gasteiger partial charge in [-0.25, -0.2) is 4.39 Å². The maximum Gasteiger partial charge on any atom is 0.123 e. The summed E-state index contributed by atoms with van der Waals surface area (Å²) in [5.41, 5.74) is 3.11. The zero-order valence-corrected chi connectivity index (χ0v) is 10.9. The van der Waals surface area contributed by atoms with E-state index in [0.717, 1.165) is 23.2 Å². The Labute approximate surface area is 107 Å². The van der Waals surface area contributed by atoms with Crippen LogP contribution in [0.2, 0.25) is 0 Å². The summed E-state index contributed by atoms with van der Waals surface area (Å²) in [6.07, 6.45) is 3.87. The fourth-order valence-electron chi connectivity index (χ4n) is 2.17. The predicted octanol–water partition coefficient (Wildman–Crippen LogP) is 2.66. The van der Waals surface area contributed by atoms with Crippen LogP contribution in [0.4, 0.5) is 4.39 Å². The molecule has 0 saturated heterocycles. The predicted molar refractivity (Wildman–Crippen MR) is 69.9 cm³/mol. The van der Waals surface area contributed by atoms with Crippen molar-refractivity contribution in [3.05, 3.63) is 53.1 Å². The molecule has 1 aromatic carbocycles. The van der Waals surface area contributed by atoms with Crippen LogP contribution in [-0.2, 0) is 6.54 Å². The average molecular weight is 247 g/mol. The number of nitrogens with one attached hydrogen (secondary N) is 1. The molecule has 2 rings (SSSR count). The topological polar surface area (TPSA) is 29.9 Å². The van der Waals surface area contributed by atoms with Gasteiger partial charge in [-0.1, -0.05) is 6.07 Å². The second-order valence-electron chi connectivity index (χ2n) is 4.35. The zero-order valence-electron chi connectivity index (χ0n) is 10.9.